The summed E-state index contributed by atoms with van der Waals surface area (Å²) in [5.74, 6) is -1.20. The Bertz CT molecular complexity index is 869. The van der Waals surface area contributed by atoms with E-state index in [1.807, 2.05) is 20.8 Å². The average Bonchev–Trinajstić information content (AvgIpc) is 2.64. The molecule has 0 radical (unpaired) electrons. The molecule has 1 aliphatic heterocycles. The Morgan fingerprint density at radius 2 is 1.74 bits per heavy atom. The molecule has 1 aromatic carbocycles. The van der Waals surface area contributed by atoms with Crippen molar-refractivity contribution in [3.8, 4) is 6.07 Å². The minimum Gasteiger partial charge on any atom is -0.476 e. The summed E-state index contributed by atoms with van der Waals surface area (Å²) < 4.78 is 16.4. The molecular weight excluding hydrogens is 414 g/mol. The Morgan fingerprint density at radius 3 is 2.19 bits per heavy atom. The van der Waals surface area contributed by atoms with Gasteiger partial charge in [0.15, 0.2) is 0 Å². The Labute approximate surface area is 166 Å². The molecule has 1 aliphatic rings. The summed E-state index contributed by atoms with van der Waals surface area (Å²) in [6.07, 6.45) is -1.33. The highest BCUT2D eigenvalue weighted by molar-refractivity contribution is 9.10. The van der Waals surface area contributed by atoms with Crippen LogP contribution in [0, 0.1) is 16.7 Å². The van der Waals surface area contributed by atoms with Gasteiger partial charge in [-0.05, 0) is 17.7 Å². The molecule has 0 saturated carbocycles. The molecule has 6 nitrogen and oxygen atoms in total. The number of halogens is 1. The van der Waals surface area contributed by atoms with Gasteiger partial charge in [0.1, 0.15) is 11.8 Å². The number of nitrogens with zero attached hydrogens (tertiary/aromatic N) is 1. The van der Waals surface area contributed by atoms with Crippen molar-refractivity contribution in [2.24, 2.45) is 5.41 Å². The molecule has 1 heterocycles. The quantitative estimate of drug-likeness (QED) is 0.674. The molecule has 1 unspecified atom stereocenters. The smallest absolute Gasteiger partial charge is 0.352 e. The van der Waals surface area contributed by atoms with Crippen LogP contribution in [0.5, 0.6) is 0 Å². The van der Waals surface area contributed by atoms with Crippen LogP contribution in [0.15, 0.2) is 45.6 Å². The van der Waals surface area contributed by atoms with Gasteiger partial charge in [-0.3, -0.25) is 0 Å². The Hall–Kier alpha value is -2.59. The van der Waals surface area contributed by atoms with Crippen molar-refractivity contribution in [1.29, 1.82) is 5.26 Å². The molecule has 27 heavy (non-hydrogen) atoms. The van der Waals surface area contributed by atoms with Crippen molar-refractivity contribution in [3.05, 3.63) is 51.2 Å². The molecule has 0 amide bonds. The zero-order chi connectivity index (χ0) is 20.4. The van der Waals surface area contributed by atoms with E-state index in [9.17, 15) is 14.9 Å². The van der Waals surface area contributed by atoms with Crippen molar-refractivity contribution in [3.63, 3.8) is 0 Å². The largest absolute Gasteiger partial charge is 0.476 e. The normalized spacial score (nSPS) is 17.1. The van der Waals surface area contributed by atoms with Crippen molar-refractivity contribution in [2.75, 3.05) is 14.2 Å². The predicted octanol–water partition coefficient (Wildman–Crippen LogP) is 3.77. The molecule has 7 heteroatoms. The summed E-state index contributed by atoms with van der Waals surface area (Å²) in [5, 5.41) is 9.87. The molecule has 0 fully saturated rings. The summed E-state index contributed by atoms with van der Waals surface area (Å²) in [5.41, 5.74) is 0.443. The number of carbonyl (C=O) groups excluding carboxylic acids is 2. The van der Waals surface area contributed by atoms with Crippen LogP contribution in [0.25, 0.3) is 5.57 Å². The third kappa shape index (κ3) is 4.06. The van der Waals surface area contributed by atoms with E-state index >= 15 is 0 Å². The van der Waals surface area contributed by atoms with Gasteiger partial charge >= 0.3 is 11.9 Å². The fraction of sp³-hybridized carbons (Fsp3) is 0.350. The van der Waals surface area contributed by atoms with E-state index in [0.717, 1.165) is 4.47 Å². The zero-order valence-corrected chi connectivity index (χ0v) is 17.3. The van der Waals surface area contributed by atoms with Crippen LogP contribution in [-0.2, 0) is 23.8 Å². The van der Waals surface area contributed by atoms with Crippen LogP contribution >= 0.6 is 15.9 Å². The van der Waals surface area contributed by atoms with Gasteiger partial charge in [-0.1, -0.05) is 48.8 Å². The topological polar surface area (TPSA) is 85.6 Å². The second kappa shape index (κ2) is 7.97. The van der Waals surface area contributed by atoms with Crippen molar-refractivity contribution >= 4 is 33.4 Å². The molecule has 0 bridgehead atoms. The highest BCUT2D eigenvalue weighted by Crippen LogP contribution is 2.43. The third-order valence-electron chi connectivity index (χ3n) is 3.99. The predicted molar refractivity (Wildman–Crippen MR) is 102 cm³/mol. The monoisotopic (exact) mass is 433 g/mol. The van der Waals surface area contributed by atoms with E-state index in [0.29, 0.717) is 16.9 Å². The van der Waals surface area contributed by atoms with Gasteiger partial charge < -0.3 is 14.2 Å². The lowest BCUT2D eigenvalue weighted by molar-refractivity contribution is -0.153. The second-order valence-electron chi connectivity index (χ2n) is 6.87. The van der Waals surface area contributed by atoms with E-state index < -0.39 is 23.5 Å². The molecule has 0 saturated heterocycles. The number of nitriles is 1. The van der Waals surface area contributed by atoms with Gasteiger partial charge in [-0.15, -0.1) is 0 Å². The lowest BCUT2D eigenvalue weighted by atomic mass is 9.81. The number of ether oxygens (including phenoxy) is 3. The molecule has 142 valence electrons. The van der Waals surface area contributed by atoms with Crippen LogP contribution < -0.4 is 0 Å². The molecule has 1 atom stereocenters. The summed E-state index contributed by atoms with van der Waals surface area (Å²) in [4.78, 5) is 25.0. The Balaban J connectivity index is 2.93. The molecule has 0 N–H and O–H groups in total. The first-order valence-corrected chi connectivity index (χ1v) is 8.93. The lowest BCUT2D eigenvalue weighted by Gasteiger charge is -2.34. The number of methoxy groups -OCH3 is 2. The first-order valence-electron chi connectivity index (χ1n) is 8.13. The highest BCUT2D eigenvalue weighted by atomic mass is 79.9. The summed E-state index contributed by atoms with van der Waals surface area (Å²) in [7, 11) is 2.41. The van der Waals surface area contributed by atoms with Crippen LogP contribution in [0.2, 0.25) is 0 Å². The third-order valence-corrected chi connectivity index (χ3v) is 4.52. The molecule has 0 spiro atoms. The fourth-order valence-electron chi connectivity index (χ4n) is 2.78. The zero-order valence-electron chi connectivity index (χ0n) is 15.8. The standard InChI is InChI=1S/C20H20BrNO5/c1-20(2,3)17-13(10-22)14(11-6-8-12(21)9-7-11)15(18(23)25-4)16(27-17)19(24)26-5/h6-9,16H,1-5H3. The van der Waals surface area contributed by atoms with E-state index in [1.165, 1.54) is 14.2 Å². The highest BCUT2D eigenvalue weighted by Gasteiger charge is 2.43. The van der Waals surface area contributed by atoms with E-state index in [1.54, 1.807) is 24.3 Å². The van der Waals surface area contributed by atoms with Gasteiger partial charge in [0, 0.05) is 15.5 Å². The average molecular weight is 434 g/mol. The minimum atomic E-state index is -1.33. The van der Waals surface area contributed by atoms with Gasteiger partial charge in [0.05, 0.1) is 25.4 Å². The SMILES string of the molecule is COC(=O)C1=C(c2ccc(Br)cc2)C(C#N)=C(C(C)(C)C)OC1C(=O)OC. The molecule has 0 aromatic heterocycles. The first-order chi connectivity index (χ1) is 12.6. The van der Waals surface area contributed by atoms with Crippen molar-refractivity contribution < 1.29 is 23.8 Å². The van der Waals surface area contributed by atoms with E-state index in [-0.39, 0.29) is 11.1 Å². The van der Waals surface area contributed by atoms with Gasteiger partial charge in [-0.25, -0.2) is 9.59 Å². The van der Waals surface area contributed by atoms with Crippen LogP contribution in [0.4, 0.5) is 0 Å². The molecule has 1 aromatic rings. The maximum absolute atomic E-state index is 12.6. The molecule has 2 rings (SSSR count). The summed E-state index contributed by atoms with van der Waals surface area (Å²) in [6, 6.07) is 9.20. The van der Waals surface area contributed by atoms with E-state index in [4.69, 9.17) is 14.2 Å². The molecule has 0 aliphatic carbocycles. The number of benzene rings is 1. The van der Waals surface area contributed by atoms with Crippen LogP contribution in [0.1, 0.15) is 26.3 Å². The maximum atomic E-state index is 12.6. The summed E-state index contributed by atoms with van der Waals surface area (Å²) in [6.45, 7) is 5.57. The number of hydrogen-bond acceptors (Lipinski definition) is 6. The van der Waals surface area contributed by atoms with Crippen LogP contribution in [-0.4, -0.2) is 32.3 Å². The van der Waals surface area contributed by atoms with Gasteiger partial charge in [0.2, 0.25) is 6.10 Å². The van der Waals surface area contributed by atoms with Gasteiger partial charge in [0.25, 0.3) is 0 Å². The Morgan fingerprint density at radius 1 is 1.15 bits per heavy atom. The van der Waals surface area contributed by atoms with Crippen LogP contribution in [0.3, 0.4) is 0 Å². The molecular formula is C20H20BrNO5. The minimum absolute atomic E-state index is 0.0591. The number of hydrogen-bond donors (Lipinski definition) is 0. The van der Waals surface area contributed by atoms with Gasteiger partial charge in [-0.2, -0.15) is 5.26 Å². The number of esters is 2. The number of carbonyl (C=O) groups is 2. The number of rotatable bonds is 3. The number of allylic oxidation sites excluding steroid dienone is 3. The van der Waals surface area contributed by atoms with Crippen molar-refractivity contribution in [1.82, 2.24) is 0 Å². The summed E-state index contributed by atoms with van der Waals surface area (Å²) >= 11 is 3.37. The first kappa shape index (κ1) is 20.7. The van der Waals surface area contributed by atoms with E-state index in [2.05, 4.69) is 22.0 Å². The maximum Gasteiger partial charge on any atom is 0.352 e. The van der Waals surface area contributed by atoms with Crippen molar-refractivity contribution in [2.45, 2.75) is 26.9 Å². The second-order valence-corrected chi connectivity index (χ2v) is 7.79. The lowest BCUT2D eigenvalue weighted by Crippen LogP contribution is -2.37. The fourth-order valence-corrected chi connectivity index (χ4v) is 3.05. The Kier molecular flexibility index (Phi) is 6.11.